The lowest BCUT2D eigenvalue weighted by Gasteiger charge is -2.34. The van der Waals surface area contributed by atoms with Gasteiger partial charge in [-0.25, -0.2) is 8.42 Å². The molecule has 1 aliphatic rings. The number of hydrogen-bond donors (Lipinski definition) is 1. The first-order valence-electron chi connectivity index (χ1n) is 9.74. The highest BCUT2D eigenvalue weighted by molar-refractivity contribution is 7.92. The number of benzene rings is 3. The number of amides is 1. The summed E-state index contributed by atoms with van der Waals surface area (Å²) in [6, 6.07) is 16.5. The molecule has 1 atom stereocenters. The smallest absolute Gasteiger partial charge is 0.476 e. The lowest BCUT2D eigenvalue weighted by Crippen LogP contribution is -2.48. The third-order valence-corrected chi connectivity index (χ3v) is 6.83. The molecular weight excluding hydrogens is 497 g/mol. The molecule has 1 amide bonds. The van der Waals surface area contributed by atoms with Crippen molar-refractivity contribution in [2.24, 2.45) is 0 Å². The van der Waals surface area contributed by atoms with Gasteiger partial charge in [0, 0.05) is 10.7 Å². The SMILES string of the molecule is O=C(Nc1ccc(OC(F)(F)F)cc1)C1CN(S(=O)(=O)c2ccc(Cl)cc2)c2ccccc2O1. The number of sulfonamides is 1. The predicted octanol–water partition coefficient (Wildman–Crippen LogP) is 4.83. The molecule has 3 aromatic rings. The average Bonchev–Trinajstić information content (AvgIpc) is 2.79. The fraction of sp³-hybridized carbons (Fsp3) is 0.136. The molecule has 12 heteroatoms. The summed E-state index contributed by atoms with van der Waals surface area (Å²) in [7, 11) is -4.06. The van der Waals surface area contributed by atoms with E-state index in [1.807, 2.05) is 0 Å². The molecule has 4 rings (SSSR count). The number of fused-ring (bicyclic) bond motifs is 1. The standard InChI is InChI=1S/C22H16ClF3N2O5S/c23-14-5-11-17(12-6-14)34(30,31)28-13-20(32-19-4-2-1-3-18(19)28)21(29)27-15-7-9-16(10-8-15)33-22(24,25)26/h1-12,20H,13H2,(H,27,29). The molecule has 0 radical (unpaired) electrons. The van der Waals surface area contributed by atoms with Crippen molar-refractivity contribution in [2.45, 2.75) is 17.4 Å². The molecule has 0 saturated carbocycles. The molecule has 3 aromatic carbocycles. The second-order valence-corrected chi connectivity index (χ2v) is 9.42. The van der Waals surface area contributed by atoms with Crippen LogP contribution in [0.4, 0.5) is 24.5 Å². The molecular formula is C22H16ClF3N2O5S. The maximum Gasteiger partial charge on any atom is 0.573 e. The van der Waals surface area contributed by atoms with Gasteiger partial charge in [0.15, 0.2) is 6.10 Å². The van der Waals surface area contributed by atoms with E-state index >= 15 is 0 Å². The van der Waals surface area contributed by atoms with E-state index in [1.165, 1.54) is 42.5 Å². The van der Waals surface area contributed by atoms with Crippen molar-refractivity contribution in [2.75, 3.05) is 16.2 Å². The van der Waals surface area contributed by atoms with Gasteiger partial charge in [0.05, 0.1) is 17.1 Å². The molecule has 7 nitrogen and oxygen atoms in total. The Kier molecular flexibility index (Phi) is 6.32. The Labute approximate surface area is 197 Å². The zero-order valence-electron chi connectivity index (χ0n) is 17.1. The van der Waals surface area contributed by atoms with Gasteiger partial charge in [0.2, 0.25) is 0 Å². The minimum Gasteiger partial charge on any atom is -0.476 e. The summed E-state index contributed by atoms with van der Waals surface area (Å²) in [5.74, 6) is -0.954. The van der Waals surface area contributed by atoms with Crippen LogP contribution in [0.1, 0.15) is 0 Å². The van der Waals surface area contributed by atoms with E-state index in [1.54, 1.807) is 18.2 Å². The normalized spacial score (nSPS) is 15.8. The summed E-state index contributed by atoms with van der Waals surface area (Å²) in [6.07, 6.45) is -6.07. The Morgan fingerprint density at radius 3 is 2.32 bits per heavy atom. The third kappa shape index (κ3) is 5.20. The number of hydrogen-bond acceptors (Lipinski definition) is 5. The summed E-state index contributed by atoms with van der Waals surface area (Å²) in [5.41, 5.74) is 0.434. The summed E-state index contributed by atoms with van der Waals surface area (Å²) in [4.78, 5) is 12.8. The monoisotopic (exact) mass is 512 g/mol. The van der Waals surface area contributed by atoms with E-state index in [0.717, 1.165) is 16.4 Å². The molecule has 0 aromatic heterocycles. The van der Waals surface area contributed by atoms with Gasteiger partial charge in [-0.05, 0) is 60.7 Å². The van der Waals surface area contributed by atoms with Crippen molar-refractivity contribution in [3.05, 3.63) is 77.8 Å². The van der Waals surface area contributed by atoms with Crippen LogP contribution in [0, 0.1) is 0 Å². The first kappa shape index (κ1) is 23.7. The van der Waals surface area contributed by atoms with Crippen LogP contribution in [-0.4, -0.2) is 33.3 Å². The number of para-hydroxylation sites is 2. The van der Waals surface area contributed by atoms with Crippen LogP contribution in [0.15, 0.2) is 77.7 Å². The predicted molar refractivity (Wildman–Crippen MR) is 119 cm³/mol. The van der Waals surface area contributed by atoms with Crippen molar-refractivity contribution >= 4 is 38.9 Å². The van der Waals surface area contributed by atoms with Gasteiger partial charge < -0.3 is 14.8 Å². The van der Waals surface area contributed by atoms with Crippen LogP contribution >= 0.6 is 11.6 Å². The van der Waals surface area contributed by atoms with Crippen molar-refractivity contribution in [1.82, 2.24) is 0 Å². The quantitative estimate of drug-likeness (QED) is 0.529. The zero-order valence-corrected chi connectivity index (χ0v) is 18.7. The minimum absolute atomic E-state index is 0.0204. The molecule has 1 unspecified atom stereocenters. The van der Waals surface area contributed by atoms with Gasteiger partial charge in [-0.1, -0.05) is 23.7 Å². The Bertz CT molecular complexity index is 1300. The van der Waals surface area contributed by atoms with Crippen molar-refractivity contribution in [1.29, 1.82) is 0 Å². The van der Waals surface area contributed by atoms with E-state index in [4.69, 9.17) is 16.3 Å². The summed E-state index contributed by atoms with van der Waals surface area (Å²) in [5, 5.41) is 2.88. The van der Waals surface area contributed by atoms with Gasteiger partial charge in [-0.3, -0.25) is 9.10 Å². The largest absolute Gasteiger partial charge is 0.573 e. The summed E-state index contributed by atoms with van der Waals surface area (Å²) in [6.45, 7) is -0.330. The number of nitrogens with one attached hydrogen (secondary N) is 1. The number of ether oxygens (including phenoxy) is 2. The molecule has 1 heterocycles. The molecule has 34 heavy (non-hydrogen) atoms. The topological polar surface area (TPSA) is 84.9 Å². The highest BCUT2D eigenvalue weighted by Gasteiger charge is 2.37. The van der Waals surface area contributed by atoms with Crippen LogP contribution in [0.5, 0.6) is 11.5 Å². The molecule has 1 N–H and O–H groups in total. The van der Waals surface area contributed by atoms with Crippen LogP contribution in [0.3, 0.4) is 0 Å². The highest BCUT2D eigenvalue weighted by Crippen LogP contribution is 2.37. The first-order chi connectivity index (χ1) is 16.0. The second kappa shape index (κ2) is 9.07. The lowest BCUT2D eigenvalue weighted by atomic mass is 10.2. The number of rotatable bonds is 5. The number of anilines is 2. The minimum atomic E-state index is -4.84. The lowest BCUT2D eigenvalue weighted by molar-refractivity contribution is -0.274. The molecule has 0 aliphatic carbocycles. The van der Waals surface area contributed by atoms with E-state index in [0.29, 0.717) is 5.02 Å². The Balaban J connectivity index is 1.57. The van der Waals surface area contributed by atoms with Gasteiger partial charge in [0.25, 0.3) is 15.9 Å². The maximum atomic E-state index is 13.3. The zero-order chi connectivity index (χ0) is 24.5. The number of nitrogens with zero attached hydrogens (tertiary/aromatic N) is 1. The fourth-order valence-corrected chi connectivity index (χ4v) is 4.86. The molecule has 0 bridgehead atoms. The van der Waals surface area contributed by atoms with E-state index in [9.17, 15) is 26.4 Å². The van der Waals surface area contributed by atoms with E-state index in [2.05, 4.69) is 10.1 Å². The Hall–Kier alpha value is -3.44. The van der Waals surface area contributed by atoms with Crippen LogP contribution in [-0.2, 0) is 14.8 Å². The van der Waals surface area contributed by atoms with Crippen molar-refractivity contribution < 1.29 is 35.9 Å². The van der Waals surface area contributed by atoms with Crippen LogP contribution in [0.25, 0.3) is 0 Å². The van der Waals surface area contributed by atoms with Gasteiger partial charge in [-0.2, -0.15) is 0 Å². The first-order valence-corrected chi connectivity index (χ1v) is 11.6. The summed E-state index contributed by atoms with van der Waals surface area (Å²) < 4.78 is 74.2. The number of alkyl halides is 3. The Morgan fingerprint density at radius 2 is 1.68 bits per heavy atom. The van der Waals surface area contributed by atoms with Gasteiger partial charge in [-0.15, -0.1) is 13.2 Å². The Morgan fingerprint density at radius 1 is 1.03 bits per heavy atom. The third-order valence-electron chi connectivity index (χ3n) is 4.78. The number of carbonyl (C=O) groups excluding carboxylic acids is 1. The van der Waals surface area contributed by atoms with E-state index < -0.39 is 34.1 Å². The maximum absolute atomic E-state index is 13.3. The van der Waals surface area contributed by atoms with E-state index in [-0.39, 0.29) is 28.6 Å². The van der Waals surface area contributed by atoms with Crippen molar-refractivity contribution in [3.8, 4) is 11.5 Å². The molecule has 0 saturated heterocycles. The summed E-state index contributed by atoms with van der Waals surface area (Å²) >= 11 is 5.87. The van der Waals surface area contributed by atoms with Crippen molar-refractivity contribution in [3.63, 3.8) is 0 Å². The average molecular weight is 513 g/mol. The molecule has 0 spiro atoms. The highest BCUT2D eigenvalue weighted by atomic mass is 35.5. The number of halogens is 4. The van der Waals surface area contributed by atoms with Crippen LogP contribution in [0.2, 0.25) is 5.02 Å². The van der Waals surface area contributed by atoms with Crippen LogP contribution < -0.4 is 19.1 Å². The second-order valence-electron chi connectivity index (χ2n) is 7.13. The number of carbonyl (C=O) groups is 1. The molecule has 178 valence electrons. The van der Waals surface area contributed by atoms with Gasteiger partial charge in [0.1, 0.15) is 11.5 Å². The molecule has 0 fully saturated rings. The fourth-order valence-electron chi connectivity index (χ4n) is 3.26. The van der Waals surface area contributed by atoms with Gasteiger partial charge >= 0.3 is 6.36 Å². The molecule has 1 aliphatic heterocycles.